The van der Waals surface area contributed by atoms with Crippen molar-refractivity contribution in [3.8, 4) is 11.8 Å². The summed E-state index contributed by atoms with van der Waals surface area (Å²) in [6.07, 6.45) is 0.340. The van der Waals surface area contributed by atoms with Crippen LogP contribution in [-0.2, 0) is 9.84 Å². The summed E-state index contributed by atoms with van der Waals surface area (Å²) in [4.78, 5) is 7.56. The Labute approximate surface area is 105 Å². The lowest BCUT2D eigenvalue weighted by Crippen LogP contribution is -2.12. The quantitative estimate of drug-likeness (QED) is 0.569. The van der Waals surface area contributed by atoms with Gasteiger partial charge in [0.25, 0.3) is 5.16 Å². The van der Waals surface area contributed by atoms with E-state index in [4.69, 9.17) is 21.1 Å². The zero-order valence-electron chi connectivity index (χ0n) is 9.51. The first-order valence-electron chi connectivity index (χ1n) is 4.79. The van der Waals surface area contributed by atoms with Gasteiger partial charge in [-0.05, 0) is 6.42 Å². The number of nitrogens with zero attached hydrogens (tertiary/aromatic N) is 2. The van der Waals surface area contributed by atoms with E-state index < -0.39 is 9.84 Å². The predicted molar refractivity (Wildman–Crippen MR) is 62.5 cm³/mol. The molecule has 96 valence electrons. The highest BCUT2D eigenvalue weighted by Gasteiger charge is 2.20. The Morgan fingerprint density at radius 2 is 1.76 bits per heavy atom. The van der Waals surface area contributed by atoms with E-state index >= 15 is 0 Å². The average Bonchev–Trinajstić information content (AvgIpc) is 2.35. The third-order valence-electron chi connectivity index (χ3n) is 1.90. The van der Waals surface area contributed by atoms with E-state index in [1.807, 2.05) is 0 Å². The SMILES string of the molecule is COc1cc(OC)nc(S(=O)(=O)CCCCl)n1. The van der Waals surface area contributed by atoms with Gasteiger partial charge in [-0.2, -0.15) is 9.97 Å². The normalized spacial score (nSPS) is 11.2. The molecule has 0 aliphatic carbocycles. The van der Waals surface area contributed by atoms with Crippen LogP contribution in [0.25, 0.3) is 0 Å². The number of hydrogen-bond donors (Lipinski definition) is 0. The molecule has 0 spiro atoms. The van der Waals surface area contributed by atoms with Gasteiger partial charge in [-0.25, -0.2) is 8.42 Å². The van der Waals surface area contributed by atoms with E-state index in [1.54, 1.807) is 0 Å². The molecule has 1 rings (SSSR count). The molecule has 6 nitrogen and oxygen atoms in total. The number of aromatic nitrogens is 2. The first-order chi connectivity index (χ1) is 8.03. The van der Waals surface area contributed by atoms with Crippen molar-refractivity contribution in [1.82, 2.24) is 9.97 Å². The van der Waals surface area contributed by atoms with E-state index in [0.717, 1.165) is 0 Å². The number of methoxy groups -OCH3 is 2. The molecule has 0 radical (unpaired) electrons. The molecule has 17 heavy (non-hydrogen) atoms. The zero-order chi connectivity index (χ0) is 12.9. The number of hydrogen-bond acceptors (Lipinski definition) is 6. The fraction of sp³-hybridized carbons (Fsp3) is 0.556. The Bertz CT molecular complexity index is 456. The molecule has 1 aromatic rings. The van der Waals surface area contributed by atoms with Crippen LogP contribution in [0.5, 0.6) is 11.8 Å². The monoisotopic (exact) mass is 280 g/mol. The molecule has 1 heterocycles. The van der Waals surface area contributed by atoms with Gasteiger partial charge < -0.3 is 9.47 Å². The lowest BCUT2D eigenvalue weighted by atomic mass is 10.6. The molecule has 0 bridgehead atoms. The van der Waals surface area contributed by atoms with Crippen LogP contribution in [0.3, 0.4) is 0 Å². The van der Waals surface area contributed by atoms with Crippen LogP contribution in [0.4, 0.5) is 0 Å². The molecule has 0 saturated heterocycles. The van der Waals surface area contributed by atoms with Crippen molar-refractivity contribution < 1.29 is 17.9 Å². The second-order valence-corrected chi connectivity index (χ2v) is 5.48. The molecule has 8 heteroatoms. The summed E-state index contributed by atoms with van der Waals surface area (Å²) in [6, 6.07) is 1.40. The van der Waals surface area contributed by atoms with Gasteiger partial charge >= 0.3 is 0 Å². The van der Waals surface area contributed by atoms with Crippen LogP contribution >= 0.6 is 11.6 Å². The molecule has 0 aliphatic rings. The summed E-state index contributed by atoms with van der Waals surface area (Å²) in [5.41, 5.74) is 0. The minimum absolute atomic E-state index is 0.104. The van der Waals surface area contributed by atoms with Crippen molar-refractivity contribution in [3.63, 3.8) is 0 Å². The van der Waals surface area contributed by atoms with Crippen LogP contribution < -0.4 is 9.47 Å². The molecular formula is C9H13ClN2O4S. The number of alkyl halides is 1. The molecule has 0 amide bonds. The maximum Gasteiger partial charge on any atom is 0.253 e. The van der Waals surface area contributed by atoms with Crippen LogP contribution in [0.2, 0.25) is 0 Å². The summed E-state index contributed by atoms with van der Waals surface area (Å²) < 4.78 is 33.4. The molecule has 0 fully saturated rings. The standard InChI is InChI=1S/C9H13ClN2O4S/c1-15-7-6-8(16-2)12-9(11-7)17(13,14)5-3-4-10/h6H,3-5H2,1-2H3. The van der Waals surface area contributed by atoms with E-state index in [1.165, 1.54) is 20.3 Å². The minimum atomic E-state index is -3.55. The maximum atomic E-state index is 11.8. The molecule has 0 N–H and O–H groups in total. The van der Waals surface area contributed by atoms with Crippen LogP contribution in [0.1, 0.15) is 6.42 Å². The van der Waals surface area contributed by atoms with Crippen molar-refractivity contribution >= 4 is 21.4 Å². The average molecular weight is 281 g/mol. The van der Waals surface area contributed by atoms with Crippen LogP contribution in [0, 0.1) is 0 Å². The summed E-state index contributed by atoms with van der Waals surface area (Å²) >= 11 is 5.46. The number of sulfone groups is 1. The Morgan fingerprint density at radius 3 is 2.18 bits per heavy atom. The molecule has 0 unspecified atom stereocenters. The van der Waals surface area contributed by atoms with Crippen LogP contribution in [0.15, 0.2) is 11.2 Å². The third-order valence-corrected chi connectivity index (χ3v) is 3.73. The highest BCUT2D eigenvalue weighted by atomic mass is 35.5. The van der Waals surface area contributed by atoms with Crippen molar-refractivity contribution in [3.05, 3.63) is 6.07 Å². The van der Waals surface area contributed by atoms with Gasteiger partial charge in [0.05, 0.1) is 26.0 Å². The lowest BCUT2D eigenvalue weighted by Gasteiger charge is -2.06. The molecule has 0 aromatic carbocycles. The Balaban J connectivity index is 3.12. The van der Waals surface area contributed by atoms with E-state index in [0.29, 0.717) is 6.42 Å². The first-order valence-corrected chi connectivity index (χ1v) is 6.98. The number of rotatable bonds is 6. The molecule has 0 atom stereocenters. The van der Waals surface area contributed by atoms with Gasteiger partial charge in [0.2, 0.25) is 21.6 Å². The summed E-state index contributed by atoms with van der Waals surface area (Å²) in [5, 5.41) is -0.307. The molecule has 0 saturated carbocycles. The van der Waals surface area contributed by atoms with E-state index in [9.17, 15) is 8.42 Å². The third kappa shape index (κ3) is 3.71. The van der Waals surface area contributed by atoms with Gasteiger partial charge in [-0.15, -0.1) is 11.6 Å². The van der Waals surface area contributed by atoms with Crippen molar-refractivity contribution in [1.29, 1.82) is 0 Å². The van der Waals surface area contributed by atoms with Crippen LogP contribution in [-0.4, -0.2) is 44.2 Å². The smallest absolute Gasteiger partial charge is 0.253 e. The van der Waals surface area contributed by atoms with Crippen molar-refractivity contribution in [2.24, 2.45) is 0 Å². The molecule has 0 aliphatic heterocycles. The fourth-order valence-electron chi connectivity index (χ4n) is 1.07. The Hall–Kier alpha value is -1.08. The fourth-order valence-corrected chi connectivity index (χ4v) is 2.52. The van der Waals surface area contributed by atoms with E-state index in [-0.39, 0.29) is 28.5 Å². The number of ether oxygens (including phenoxy) is 2. The van der Waals surface area contributed by atoms with Gasteiger partial charge in [0, 0.05) is 5.88 Å². The summed E-state index contributed by atoms with van der Waals surface area (Å²) in [5.74, 6) is 0.440. The number of halogens is 1. The van der Waals surface area contributed by atoms with Gasteiger partial charge in [0.15, 0.2) is 0 Å². The van der Waals surface area contributed by atoms with E-state index in [2.05, 4.69) is 9.97 Å². The van der Waals surface area contributed by atoms with Gasteiger partial charge in [0.1, 0.15) is 0 Å². The lowest BCUT2D eigenvalue weighted by molar-refractivity contribution is 0.362. The first kappa shape index (κ1) is 14.0. The second-order valence-electron chi connectivity index (χ2n) is 3.10. The zero-order valence-corrected chi connectivity index (χ0v) is 11.1. The van der Waals surface area contributed by atoms with Crippen molar-refractivity contribution in [2.75, 3.05) is 25.9 Å². The van der Waals surface area contributed by atoms with Crippen molar-refractivity contribution in [2.45, 2.75) is 11.6 Å². The highest BCUT2D eigenvalue weighted by Crippen LogP contribution is 2.18. The Morgan fingerprint density at radius 1 is 1.24 bits per heavy atom. The second kappa shape index (κ2) is 6.02. The largest absolute Gasteiger partial charge is 0.481 e. The topological polar surface area (TPSA) is 78.4 Å². The minimum Gasteiger partial charge on any atom is -0.481 e. The van der Waals surface area contributed by atoms with Gasteiger partial charge in [-0.3, -0.25) is 0 Å². The predicted octanol–water partition coefficient (Wildman–Crippen LogP) is 0.896. The van der Waals surface area contributed by atoms with Gasteiger partial charge in [-0.1, -0.05) is 0 Å². The molecule has 1 aromatic heterocycles. The maximum absolute atomic E-state index is 11.8. The summed E-state index contributed by atoms with van der Waals surface area (Å²) in [6.45, 7) is 0. The summed E-state index contributed by atoms with van der Waals surface area (Å²) in [7, 11) is -0.783. The Kier molecular flexibility index (Phi) is 4.95. The molecular weight excluding hydrogens is 268 g/mol. The highest BCUT2D eigenvalue weighted by molar-refractivity contribution is 7.91.